The molecule has 0 bridgehead atoms. The van der Waals surface area contributed by atoms with Crippen molar-refractivity contribution in [1.29, 1.82) is 0 Å². The molecule has 0 saturated heterocycles. The second-order valence-corrected chi connectivity index (χ2v) is 3.72. The van der Waals surface area contributed by atoms with Crippen molar-refractivity contribution in [2.45, 2.75) is 12.2 Å². The molecule has 0 aliphatic heterocycles. The van der Waals surface area contributed by atoms with E-state index in [9.17, 15) is 19.8 Å². The lowest BCUT2D eigenvalue weighted by Crippen LogP contribution is -2.29. The molecule has 2 unspecified atom stereocenters. The van der Waals surface area contributed by atoms with Crippen LogP contribution in [-0.2, 0) is 9.53 Å². The summed E-state index contributed by atoms with van der Waals surface area (Å²) in [6.45, 7) is 0. The molecule has 0 saturated carbocycles. The molecule has 6 heteroatoms. The van der Waals surface area contributed by atoms with E-state index in [-0.39, 0.29) is 16.1 Å². The summed E-state index contributed by atoms with van der Waals surface area (Å²) in [4.78, 5) is 21.5. The van der Waals surface area contributed by atoms with Gasteiger partial charge in [-0.1, -0.05) is 17.7 Å². The number of benzene rings is 1. The van der Waals surface area contributed by atoms with Crippen LogP contribution in [0, 0.1) is 0 Å². The number of rotatable bonds is 4. The molecule has 0 heterocycles. The molecular formula is C11H11ClO5. The Balaban J connectivity index is 2.96. The Morgan fingerprint density at radius 2 is 2.12 bits per heavy atom. The molecule has 0 spiro atoms. The van der Waals surface area contributed by atoms with Gasteiger partial charge in [-0.2, -0.15) is 0 Å². The minimum Gasteiger partial charge on any atom is -0.467 e. The maximum absolute atomic E-state index is 11.0. The zero-order chi connectivity index (χ0) is 13.0. The van der Waals surface area contributed by atoms with Gasteiger partial charge in [0, 0.05) is 5.56 Å². The van der Waals surface area contributed by atoms with E-state index in [0.717, 1.165) is 7.11 Å². The Morgan fingerprint density at radius 3 is 2.59 bits per heavy atom. The number of esters is 1. The highest BCUT2D eigenvalue weighted by Gasteiger charge is 2.26. The van der Waals surface area contributed by atoms with E-state index in [0.29, 0.717) is 6.29 Å². The monoisotopic (exact) mass is 258 g/mol. The van der Waals surface area contributed by atoms with Gasteiger partial charge in [-0.25, -0.2) is 4.79 Å². The Hall–Kier alpha value is -1.43. The van der Waals surface area contributed by atoms with Crippen LogP contribution in [0.15, 0.2) is 18.2 Å². The van der Waals surface area contributed by atoms with Gasteiger partial charge in [-0.15, -0.1) is 0 Å². The molecule has 1 aromatic carbocycles. The molecule has 2 N–H and O–H groups in total. The van der Waals surface area contributed by atoms with Crippen LogP contribution in [0.2, 0.25) is 5.02 Å². The molecule has 0 aliphatic carbocycles. The molecule has 0 aromatic heterocycles. The number of hydrogen-bond acceptors (Lipinski definition) is 5. The van der Waals surface area contributed by atoms with Crippen molar-refractivity contribution in [2.75, 3.05) is 7.11 Å². The molecule has 0 amide bonds. The maximum atomic E-state index is 11.0. The van der Waals surface area contributed by atoms with E-state index in [2.05, 4.69) is 4.74 Å². The van der Waals surface area contributed by atoms with Crippen LogP contribution in [0.1, 0.15) is 22.0 Å². The van der Waals surface area contributed by atoms with Crippen molar-refractivity contribution in [1.82, 2.24) is 0 Å². The number of halogens is 1. The molecule has 92 valence electrons. The summed E-state index contributed by atoms with van der Waals surface area (Å²) in [5.74, 6) is -0.951. The average Bonchev–Trinajstić information content (AvgIpc) is 2.35. The van der Waals surface area contributed by atoms with E-state index >= 15 is 0 Å². The summed E-state index contributed by atoms with van der Waals surface area (Å²) in [6, 6.07) is 4.09. The van der Waals surface area contributed by atoms with E-state index < -0.39 is 18.2 Å². The van der Waals surface area contributed by atoms with Gasteiger partial charge >= 0.3 is 5.97 Å². The van der Waals surface area contributed by atoms with Gasteiger partial charge in [0.05, 0.1) is 12.1 Å². The second kappa shape index (κ2) is 5.77. The molecule has 2 atom stereocenters. The Bertz CT molecular complexity index is 432. The fourth-order valence-corrected chi connectivity index (χ4v) is 1.49. The lowest BCUT2D eigenvalue weighted by atomic mass is 10.0. The van der Waals surface area contributed by atoms with Crippen molar-refractivity contribution in [3.05, 3.63) is 34.3 Å². The molecule has 17 heavy (non-hydrogen) atoms. The van der Waals surface area contributed by atoms with Crippen molar-refractivity contribution in [3.8, 4) is 0 Å². The fraction of sp³-hybridized carbons (Fsp3) is 0.273. The Kier molecular flexibility index (Phi) is 4.62. The first-order valence-electron chi connectivity index (χ1n) is 4.69. The smallest absolute Gasteiger partial charge is 0.337 e. The first-order chi connectivity index (χ1) is 8.01. The van der Waals surface area contributed by atoms with E-state index in [1.165, 1.54) is 18.2 Å². The second-order valence-electron chi connectivity index (χ2n) is 3.31. The number of carbonyl (C=O) groups is 2. The fourth-order valence-electron chi connectivity index (χ4n) is 1.25. The number of hydrogen-bond donors (Lipinski definition) is 2. The van der Waals surface area contributed by atoms with Crippen molar-refractivity contribution in [3.63, 3.8) is 0 Å². The SMILES string of the molecule is COC(=O)C(O)C(O)c1ccc(C=O)c(Cl)c1. The van der Waals surface area contributed by atoms with Crippen molar-refractivity contribution in [2.24, 2.45) is 0 Å². The van der Waals surface area contributed by atoms with Crippen LogP contribution < -0.4 is 0 Å². The maximum Gasteiger partial charge on any atom is 0.337 e. The Labute approximate surface area is 103 Å². The normalized spacial score (nSPS) is 13.9. The van der Waals surface area contributed by atoms with Crippen LogP contribution in [0.5, 0.6) is 0 Å². The van der Waals surface area contributed by atoms with Gasteiger partial charge < -0.3 is 14.9 Å². The summed E-state index contributed by atoms with van der Waals surface area (Å²) < 4.78 is 4.29. The van der Waals surface area contributed by atoms with Gasteiger partial charge in [0.1, 0.15) is 6.10 Å². The number of aliphatic hydroxyl groups is 2. The third-order valence-electron chi connectivity index (χ3n) is 2.23. The van der Waals surface area contributed by atoms with Gasteiger partial charge in [-0.3, -0.25) is 4.79 Å². The Morgan fingerprint density at radius 1 is 1.47 bits per heavy atom. The third-order valence-corrected chi connectivity index (χ3v) is 2.56. The summed E-state index contributed by atoms with van der Waals surface area (Å²) >= 11 is 5.75. The number of methoxy groups -OCH3 is 1. The summed E-state index contributed by atoms with van der Waals surface area (Å²) in [5.41, 5.74) is 0.480. The highest BCUT2D eigenvalue weighted by Crippen LogP contribution is 2.23. The van der Waals surface area contributed by atoms with Crippen molar-refractivity contribution < 1.29 is 24.5 Å². The highest BCUT2D eigenvalue weighted by atomic mass is 35.5. The number of aldehydes is 1. The first kappa shape index (κ1) is 13.6. The summed E-state index contributed by atoms with van der Waals surface area (Å²) in [5, 5.41) is 19.2. The topological polar surface area (TPSA) is 83.8 Å². The van der Waals surface area contributed by atoms with Gasteiger partial charge in [0.25, 0.3) is 0 Å². The quantitative estimate of drug-likeness (QED) is 0.614. The minimum absolute atomic E-state index is 0.133. The molecule has 1 rings (SSSR count). The van der Waals surface area contributed by atoms with Crippen LogP contribution in [-0.4, -0.2) is 35.7 Å². The van der Waals surface area contributed by atoms with Crippen LogP contribution in [0.4, 0.5) is 0 Å². The minimum atomic E-state index is -1.70. The largest absolute Gasteiger partial charge is 0.467 e. The summed E-state index contributed by atoms with van der Waals surface area (Å²) in [6.07, 6.45) is -2.59. The average molecular weight is 259 g/mol. The van der Waals surface area contributed by atoms with Gasteiger partial charge in [0.15, 0.2) is 12.4 Å². The zero-order valence-corrected chi connectivity index (χ0v) is 9.72. The standard InChI is InChI=1S/C11H11ClO5/c1-17-11(16)10(15)9(14)6-2-3-7(5-13)8(12)4-6/h2-5,9-10,14-15H,1H3. The van der Waals surface area contributed by atoms with Crippen LogP contribution in [0.25, 0.3) is 0 Å². The molecule has 1 aromatic rings. The lowest BCUT2D eigenvalue weighted by Gasteiger charge is -2.16. The summed E-state index contributed by atoms with van der Waals surface area (Å²) in [7, 11) is 1.10. The van der Waals surface area contributed by atoms with E-state index in [4.69, 9.17) is 11.6 Å². The number of ether oxygens (including phenoxy) is 1. The van der Waals surface area contributed by atoms with Crippen molar-refractivity contribution >= 4 is 23.9 Å². The molecule has 5 nitrogen and oxygen atoms in total. The van der Waals surface area contributed by atoms with Gasteiger partial charge in [0.2, 0.25) is 0 Å². The molecular weight excluding hydrogens is 248 g/mol. The van der Waals surface area contributed by atoms with Gasteiger partial charge in [-0.05, 0) is 17.7 Å². The lowest BCUT2D eigenvalue weighted by molar-refractivity contribution is -0.156. The van der Waals surface area contributed by atoms with E-state index in [1.807, 2.05) is 0 Å². The molecule has 0 fully saturated rings. The number of carbonyl (C=O) groups excluding carboxylic acids is 2. The number of aliphatic hydroxyl groups excluding tert-OH is 2. The molecule has 0 aliphatic rings. The van der Waals surface area contributed by atoms with Crippen LogP contribution >= 0.6 is 11.6 Å². The predicted molar refractivity (Wildman–Crippen MR) is 59.8 cm³/mol. The van der Waals surface area contributed by atoms with Crippen LogP contribution in [0.3, 0.4) is 0 Å². The molecule has 0 radical (unpaired) electrons. The third kappa shape index (κ3) is 3.03. The zero-order valence-electron chi connectivity index (χ0n) is 8.96. The predicted octanol–water partition coefficient (Wildman–Crippen LogP) is 0.720. The highest BCUT2D eigenvalue weighted by molar-refractivity contribution is 6.33. The van der Waals surface area contributed by atoms with E-state index in [1.54, 1.807) is 0 Å². The first-order valence-corrected chi connectivity index (χ1v) is 5.07.